The Kier molecular flexibility index (Phi) is 4.68. The number of allylic oxidation sites excluding steroid dienone is 2. The molecule has 0 saturated heterocycles. The molecule has 0 fully saturated rings. The number of rotatable bonds is 6. The zero-order valence-corrected chi connectivity index (χ0v) is 12.6. The van der Waals surface area contributed by atoms with E-state index in [1.165, 1.54) is 5.56 Å². The number of hydrogen-bond donors (Lipinski definition) is 1. The van der Waals surface area contributed by atoms with Gasteiger partial charge in [-0.1, -0.05) is 36.4 Å². The highest BCUT2D eigenvalue weighted by atomic mass is 16.1. The van der Waals surface area contributed by atoms with Crippen LogP contribution in [0.4, 0.5) is 0 Å². The third-order valence-electron chi connectivity index (χ3n) is 3.98. The van der Waals surface area contributed by atoms with Gasteiger partial charge in [0.15, 0.2) is 0 Å². The molecule has 4 heteroatoms. The van der Waals surface area contributed by atoms with Gasteiger partial charge in [-0.2, -0.15) is 5.10 Å². The molecule has 1 amide bonds. The zero-order valence-electron chi connectivity index (χ0n) is 12.6. The van der Waals surface area contributed by atoms with Crippen LogP contribution >= 0.6 is 0 Å². The molecule has 0 radical (unpaired) electrons. The number of nitrogens with zero attached hydrogens (tertiary/aromatic N) is 2. The van der Waals surface area contributed by atoms with Gasteiger partial charge in [-0.3, -0.25) is 9.48 Å². The first-order valence-electron chi connectivity index (χ1n) is 7.78. The number of nitrogens with one attached hydrogen (secondary N) is 1. The van der Waals surface area contributed by atoms with Crippen molar-refractivity contribution in [1.29, 1.82) is 0 Å². The monoisotopic (exact) mass is 295 g/mol. The van der Waals surface area contributed by atoms with Crippen LogP contribution in [-0.4, -0.2) is 15.7 Å². The van der Waals surface area contributed by atoms with Crippen LogP contribution in [0.3, 0.4) is 0 Å². The summed E-state index contributed by atoms with van der Waals surface area (Å²) in [5.74, 6) is 0.564. The smallest absolute Gasteiger partial charge is 0.220 e. The Hall–Kier alpha value is -2.36. The van der Waals surface area contributed by atoms with Crippen LogP contribution in [0.5, 0.6) is 0 Å². The maximum absolute atomic E-state index is 11.9. The highest BCUT2D eigenvalue weighted by Crippen LogP contribution is 2.20. The highest BCUT2D eigenvalue weighted by Gasteiger charge is 2.13. The third-order valence-corrected chi connectivity index (χ3v) is 3.98. The second kappa shape index (κ2) is 7.07. The Bertz CT molecular complexity index is 629. The van der Waals surface area contributed by atoms with Gasteiger partial charge < -0.3 is 5.32 Å². The number of aromatic nitrogens is 2. The summed E-state index contributed by atoms with van der Waals surface area (Å²) >= 11 is 0. The van der Waals surface area contributed by atoms with E-state index < -0.39 is 0 Å². The molecule has 1 aliphatic carbocycles. The minimum Gasteiger partial charge on any atom is -0.352 e. The first-order valence-corrected chi connectivity index (χ1v) is 7.78. The van der Waals surface area contributed by atoms with Gasteiger partial charge >= 0.3 is 0 Å². The van der Waals surface area contributed by atoms with E-state index in [0.29, 0.717) is 18.9 Å². The molecule has 4 nitrogen and oxygen atoms in total. The Morgan fingerprint density at radius 1 is 1.27 bits per heavy atom. The minimum atomic E-state index is 0.136. The van der Waals surface area contributed by atoms with Crippen molar-refractivity contribution in [1.82, 2.24) is 15.1 Å². The molecule has 0 bridgehead atoms. The van der Waals surface area contributed by atoms with Crippen LogP contribution in [0.2, 0.25) is 0 Å². The van der Waals surface area contributed by atoms with E-state index in [1.54, 1.807) is 6.20 Å². The molecule has 1 aliphatic rings. The molecule has 1 aromatic heterocycles. The van der Waals surface area contributed by atoms with E-state index in [0.717, 1.165) is 24.9 Å². The third kappa shape index (κ3) is 4.07. The molecule has 1 heterocycles. The predicted octanol–water partition coefficient (Wildman–Crippen LogP) is 2.90. The SMILES string of the molecule is O=C(CC1C=CCC1)NCc1ccc(Cn2cccn2)cc1. The van der Waals surface area contributed by atoms with Crippen molar-refractivity contribution < 1.29 is 4.79 Å². The normalized spacial score (nSPS) is 16.8. The molecule has 1 N–H and O–H groups in total. The molecule has 0 spiro atoms. The van der Waals surface area contributed by atoms with E-state index in [-0.39, 0.29) is 5.91 Å². The Morgan fingerprint density at radius 2 is 2.09 bits per heavy atom. The van der Waals surface area contributed by atoms with Gasteiger partial charge in [0.25, 0.3) is 0 Å². The van der Waals surface area contributed by atoms with Crippen molar-refractivity contribution in [3.63, 3.8) is 0 Å². The Labute approximate surface area is 130 Å². The largest absolute Gasteiger partial charge is 0.352 e. The van der Waals surface area contributed by atoms with Crippen LogP contribution in [-0.2, 0) is 17.9 Å². The minimum absolute atomic E-state index is 0.136. The molecule has 1 unspecified atom stereocenters. The van der Waals surface area contributed by atoms with Crippen molar-refractivity contribution in [3.05, 3.63) is 66.0 Å². The zero-order chi connectivity index (χ0) is 15.2. The van der Waals surface area contributed by atoms with Gasteiger partial charge in [0.1, 0.15) is 0 Å². The van der Waals surface area contributed by atoms with Gasteiger partial charge in [-0.25, -0.2) is 0 Å². The molecule has 22 heavy (non-hydrogen) atoms. The number of hydrogen-bond acceptors (Lipinski definition) is 2. The molecule has 0 saturated carbocycles. The second-order valence-corrected chi connectivity index (χ2v) is 5.77. The summed E-state index contributed by atoms with van der Waals surface area (Å²) in [5, 5.41) is 7.20. The number of amides is 1. The molecule has 1 aromatic carbocycles. The summed E-state index contributed by atoms with van der Waals surface area (Å²) in [5.41, 5.74) is 2.33. The lowest BCUT2D eigenvalue weighted by Crippen LogP contribution is -2.24. The van der Waals surface area contributed by atoms with Crippen molar-refractivity contribution in [2.45, 2.75) is 32.4 Å². The summed E-state index contributed by atoms with van der Waals surface area (Å²) in [6.07, 6.45) is 10.9. The summed E-state index contributed by atoms with van der Waals surface area (Å²) in [4.78, 5) is 11.9. The van der Waals surface area contributed by atoms with E-state index in [9.17, 15) is 4.79 Å². The number of carbonyl (C=O) groups is 1. The number of benzene rings is 1. The fourth-order valence-electron chi connectivity index (χ4n) is 2.72. The summed E-state index contributed by atoms with van der Waals surface area (Å²) < 4.78 is 1.89. The molecule has 1 atom stereocenters. The maximum atomic E-state index is 11.9. The van der Waals surface area contributed by atoms with Crippen LogP contribution in [0.25, 0.3) is 0 Å². The maximum Gasteiger partial charge on any atom is 0.220 e. The lowest BCUT2D eigenvalue weighted by molar-refractivity contribution is -0.121. The van der Waals surface area contributed by atoms with Crippen molar-refractivity contribution in [2.75, 3.05) is 0 Å². The van der Waals surface area contributed by atoms with Crippen LogP contribution in [0.15, 0.2) is 54.9 Å². The summed E-state index contributed by atoms with van der Waals surface area (Å²) in [6.45, 7) is 1.37. The Balaban J connectivity index is 1.46. The highest BCUT2D eigenvalue weighted by molar-refractivity contribution is 5.76. The van der Waals surface area contributed by atoms with Crippen molar-refractivity contribution >= 4 is 5.91 Å². The van der Waals surface area contributed by atoms with Gasteiger partial charge in [0, 0.05) is 25.4 Å². The van der Waals surface area contributed by atoms with Crippen LogP contribution < -0.4 is 5.32 Å². The predicted molar refractivity (Wildman–Crippen MR) is 86.1 cm³/mol. The fourth-order valence-corrected chi connectivity index (χ4v) is 2.72. The van der Waals surface area contributed by atoms with Crippen molar-refractivity contribution in [2.24, 2.45) is 5.92 Å². The topological polar surface area (TPSA) is 46.9 Å². The average molecular weight is 295 g/mol. The molecular weight excluding hydrogens is 274 g/mol. The van der Waals surface area contributed by atoms with Gasteiger partial charge in [-0.15, -0.1) is 0 Å². The molecular formula is C18H21N3O. The van der Waals surface area contributed by atoms with Crippen LogP contribution in [0, 0.1) is 5.92 Å². The first-order chi connectivity index (χ1) is 10.8. The van der Waals surface area contributed by atoms with Gasteiger partial charge in [0.2, 0.25) is 5.91 Å². The van der Waals surface area contributed by atoms with E-state index in [2.05, 4.69) is 46.8 Å². The van der Waals surface area contributed by atoms with E-state index in [1.807, 2.05) is 16.9 Å². The number of carbonyl (C=O) groups excluding carboxylic acids is 1. The molecule has 2 aromatic rings. The average Bonchev–Trinajstić information content (AvgIpc) is 3.20. The molecule has 114 valence electrons. The molecule has 3 rings (SSSR count). The summed E-state index contributed by atoms with van der Waals surface area (Å²) in [6, 6.07) is 10.2. The van der Waals surface area contributed by atoms with E-state index in [4.69, 9.17) is 0 Å². The standard InChI is InChI=1S/C18H21N3O/c22-18(12-15-4-1-2-5-15)19-13-16-6-8-17(9-7-16)14-21-11-3-10-20-21/h1,3-4,6-11,15H,2,5,12-14H2,(H,19,22). The lowest BCUT2D eigenvalue weighted by Gasteiger charge is -2.09. The van der Waals surface area contributed by atoms with Crippen molar-refractivity contribution in [3.8, 4) is 0 Å². The first kappa shape index (κ1) is 14.6. The lowest BCUT2D eigenvalue weighted by atomic mass is 10.0. The van der Waals surface area contributed by atoms with E-state index >= 15 is 0 Å². The van der Waals surface area contributed by atoms with Crippen LogP contribution in [0.1, 0.15) is 30.4 Å². The summed E-state index contributed by atoms with van der Waals surface area (Å²) in [7, 11) is 0. The fraction of sp³-hybridized carbons (Fsp3) is 0.333. The van der Waals surface area contributed by atoms with Gasteiger partial charge in [-0.05, 0) is 36.0 Å². The second-order valence-electron chi connectivity index (χ2n) is 5.77. The van der Waals surface area contributed by atoms with Gasteiger partial charge in [0.05, 0.1) is 6.54 Å². The molecule has 0 aliphatic heterocycles. The quantitative estimate of drug-likeness (QED) is 0.833. The Morgan fingerprint density at radius 3 is 2.77 bits per heavy atom.